The number of aliphatic hydroxyl groups is 1. The maximum Gasteiger partial charge on any atom is 0.416 e. The molecule has 0 aliphatic rings. The second kappa shape index (κ2) is 6.29. The summed E-state index contributed by atoms with van der Waals surface area (Å²) in [6, 6.07) is 3.26. The van der Waals surface area contributed by atoms with Crippen LogP contribution in [0.5, 0.6) is 0 Å². The van der Waals surface area contributed by atoms with Gasteiger partial charge in [-0.25, -0.2) is 4.39 Å². The zero-order valence-corrected chi connectivity index (χ0v) is 12.8. The van der Waals surface area contributed by atoms with Crippen LogP contribution in [0.25, 0.3) is 0 Å². The lowest BCUT2D eigenvalue weighted by atomic mass is 9.99. The third-order valence-electron chi connectivity index (χ3n) is 3.27. The lowest BCUT2D eigenvalue weighted by Gasteiger charge is -2.23. The molecule has 0 radical (unpaired) electrons. The van der Waals surface area contributed by atoms with Crippen molar-refractivity contribution < 1.29 is 27.5 Å². The third kappa shape index (κ3) is 4.08. The molecule has 1 unspecified atom stereocenters. The molecule has 0 saturated heterocycles. The highest BCUT2D eigenvalue weighted by Gasteiger charge is 2.32. The summed E-state index contributed by atoms with van der Waals surface area (Å²) in [4.78, 5) is 11.9. The predicted molar refractivity (Wildman–Crippen MR) is 77.6 cm³/mol. The van der Waals surface area contributed by atoms with Crippen molar-refractivity contribution in [1.29, 1.82) is 0 Å². The van der Waals surface area contributed by atoms with Crippen molar-refractivity contribution in [3.63, 3.8) is 0 Å². The van der Waals surface area contributed by atoms with Crippen LogP contribution in [0.1, 0.15) is 28.4 Å². The quantitative estimate of drug-likeness (QED) is 0.831. The van der Waals surface area contributed by atoms with Crippen LogP contribution < -0.4 is 5.32 Å². The van der Waals surface area contributed by atoms with Gasteiger partial charge in [0.2, 0.25) is 0 Å². The van der Waals surface area contributed by atoms with E-state index in [2.05, 4.69) is 5.32 Å². The molecule has 1 heterocycles. The Labute approximate surface area is 133 Å². The van der Waals surface area contributed by atoms with Crippen molar-refractivity contribution >= 4 is 17.2 Å². The fraction of sp³-hybridized carbons (Fsp3) is 0.267. The van der Waals surface area contributed by atoms with Gasteiger partial charge in [-0.3, -0.25) is 4.79 Å². The Morgan fingerprint density at radius 1 is 1.26 bits per heavy atom. The topological polar surface area (TPSA) is 49.3 Å². The Morgan fingerprint density at radius 3 is 2.52 bits per heavy atom. The summed E-state index contributed by atoms with van der Waals surface area (Å²) in [5, 5.41) is 15.9. The van der Waals surface area contributed by atoms with E-state index in [4.69, 9.17) is 0 Å². The number of alkyl halides is 3. The number of hydrogen-bond donors (Lipinski definition) is 2. The highest BCUT2D eigenvalue weighted by molar-refractivity contribution is 7.08. The Balaban J connectivity index is 2.15. The van der Waals surface area contributed by atoms with E-state index >= 15 is 0 Å². The molecule has 1 amide bonds. The number of halogens is 4. The summed E-state index contributed by atoms with van der Waals surface area (Å²) in [5.74, 6) is -2.09. The number of benzene rings is 1. The van der Waals surface area contributed by atoms with Crippen LogP contribution in [-0.4, -0.2) is 17.6 Å². The number of carbonyl (C=O) groups excluding carboxylic acids is 1. The molecule has 124 valence electrons. The molecule has 0 fully saturated rings. The van der Waals surface area contributed by atoms with Crippen LogP contribution >= 0.6 is 11.3 Å². The third-order valence-corrected chi connectivity index (χ3v) is 3.96. The van der Waals surface area contributed by atoms with Gasteiger partial charge in [0.25, 0.3) is 5.91 Å². The van der Waals surface area contributed by atoms with E-state index in [9.17, 15) is 27.5 Å². The van der Waals surface area contributed by atoms with Crippen molar-refractivity contribution in [2.24, 2.45) is 0 Å². The first-order valence-corrected chi connectivity index (χ1v) is 7.45. The molecule has 2 rings (SSSR count). The highest BCUT2D eigenvalue weighted by Crippen LogP contribution is 2.30. The van der Waals surface area contributed by atoms with Gasteiger partial charge in [-0.1, -0.05) is 0 Å². The van der Waals surface area contributed by atoms with E-state index in [1.54, 1.807) is 16.8 Å². The molecular weight excluding hydrogens is 334 g/mol. The fourth-order valence-corrected chi connectivity index (χ4v) is 2.68. The molecule has 23 heavy (non-hydrogen) atoms. The van der Waals surface area contributed by atoms with Gasteiger partial charge in [-0.05, 0) is 47.5 Å². The first-order valence-electron chi connectivity index (χ1n) is 6.51. The van der Waals surface area contributed by atoms with E-state index in [0.29, 0.717) is 23.8 Å². The fourth-order valence-electron chi connectivity index (χ4n) is 1.90. The van der Waals surface area contributed by atoms with E-state index in [1.165, 1.54) is 18.3 Å². The molecule has 0 bridgehead atoms. The number of rotatable bonds is 4. The van der Waals surface area contributed by atoms with Crippen LogP contribution in [0.15, 0.2) is 35.0 Å². The predicted octanol–water partition coefficient (Wildman–Crippen LogP) is 3.54. The molecule has 3 nitrogen and oxygen atoms in total. The maximum absolute atomic E-state index is 13.6. The van der Waals surface area contributed by atoms with E-state index in [0.717, 1.165) is 0 Å². The Bertz CT molecular complexity index is 696. The lowest BCUT2D eigenvalue weighted by molar-refractivity contribution is -0.137. The average Bonchev–Trinajstić information content (AvgIpc) is 2.99. The van der Waals surface area contributed by atoms with Crippen LogP contribution in [0.2, 0.25) is 0 Å². The number of thiophene rings is 1. The molecule has 0 spiro atoms. The van der Waals surface area contributed by atoms with E-state index in [1.807, 2.05) is 0 Å². The summed E-state index contributed by atoms with van der Waals surface area (Å²) >= 11 is 1.35. The standard InChI is InChI=1S/C15H13F4NO2S/c1-14(22,10-4-5-23-7-10)8-20-13(21)11-6-9(15(17,18)19)2-3-12(11)16/h2-7,22H,8H2,1H3,(H,20,21). The van der Waals surface area contributed by atoms with Gasteiger partial charge in [0, 0.05) is 0 Å². The van der Waals surface area contributed by atoms with Crippen LogP contribution in [-0.2, 0) is 11.8 Å². The second-order valence-corrected chi connectivity index (χ2v) is 5.94. The molecule has 1 aromatic carbocycles. The zero-order chi connectivity index (χ0) is 17.3. The van der Waals surface area contributed by atoms with Crippen molar-refractivity contribution in [2.75, 3.05) is 6.54 Å². The molecule has 2 aromatic rings. The average molecular weight is 347 g/mol. The van der Waals surface area contributed by atoms with Crippen LogP contribution in [0, 0.1) is 5.82 Å². The van der Waals surface area contributed by atoms with Gasteiger partial charge in [0.15, 0.2) is 0 Å². The SMILES string of the molecule is CC(O)(CNC(=O)c1cc(C(F)(F)F)ccc1F)c1ccsc1. The Morgan fingerprint density at radius 2 is 1.96 bits per heavy atom. The van der Waals surface area contributed by atoms with Gasteiger partial charge in [0.05, 0.1) is 17.7 Å². The molecule has 0 aliphatic heterocycles. The highest BCUT2D eigenvalue weighted by atomic mass is 32.1. The summed E-state index contributed by atoms with van der Waals surface area (Å²) in [7, 11) is 0. The van der Waals surface area contributed by atoms with Gasteiger partial charge in [0.1, 0.15) is 11.4 Å². The van der Waals surface area contributed by atoms with Gasteiger partial charge < -0.3 is 10.4 Å². The van der Waals surface area contributed by atoms with Crippen molar-refractivity contribution in [3.05, 3.63) is 57.5 Å². The van der Waals surface area contributed by atoms with Gasteiger partial charge in [-0.2, -0.15) is 24.5 Å². The number of amides is 1. The number of hydrogen-bond acceptors (Lipinski definition) is 3. The van der Waals surface area contributed by atoms with E-state index in [-0.39, 0.29) is 6.54 Å². The molecule has 0 aliphatic carbocycles. The molecule has 0 saturated carbocycles. The summed E-state index contributed by atoms with van der Waals surface area (Å²) in [5.41, 5.74) is -2.70. The molecule has 1 aromatic heterocycles. The molecule has 1 atom stereocenters. The smallest absolute Gasteiger partial charge is 0.384 e. The molecule has 8 heteroatoms. The first kappa shape index (κ1) is 17.4. The van der Waals surface area contributed by atoms with E-state index < -0.39 is 34.6 Å². The minimum Gasteiger partial charge on any atom is -0.384 e. The first-order chi connectivity index (χ1) is 10.6. The Hall–Kier alpha value is -1.93. The minimum atomic E-state index is -4.68. The normalized spacial score (nSPS) is 14.3. The van der Waals surface area contributed by atoms with Crippen molar-refractivity contribution in [3.8, 4) is 0 Å². The lowest BCUT2D eigenvalue weighted by Crippen LogP contribution is -2.38. The second-order valence-electron chi connectivity index (χ2n) is 5.16. The van der Waals surface area contributed by atoms with Crippen LogP contribution in [0.4, 0.5) is 17.6 Å². The number of nitrogens with one attached hydrogen (secondary N) is 1. The number of carbonyl (C=O) groups is 1. The van der Waals surface area contributed by atoms with Crippen molar-refractivity contribution in [2.45, 2.75) is 18.7 Å². The summed E-state index contributed by atoms with van der Waals surface area (Å²) < 4.78 is 51.5. The zero-order valence-electron chi connectivity index (χ0n) is 11.9. The maximum atomic E-state index is 13.6. The van der Waals surface area contributed by atoms with Crippen LogP contribution in [0.3, 0.4) is 0 Å². The Kier molecular flexibility index (Phi) is 4.76. The van der Waals surface area contributed by atoms with Crippen molar-refractivity contribution in [1.82, 2.24) is 5.32 Å². The minimum absolute atomic E-state index is 0.266. The van der Waals surface area contributed by atoms with Gasteiger partial charge >= 0.3 is 6.18 Å². The monoisotopic (exact) mass is 347 g/mol. The summed E-state index contributed by atoms with van der Waals surface area (Å²) in [6.45, 7) is 1.18. The molecule has 2 N–H and O–H groups in total. The largest absolute Gasteiger partial charge is 0.416 e. The summed E-state index contributed by atoms with van der Waals surface area (Å²) in [6.07, 6.45) is -4.68. The van der Waals surface area contributed by atoms with Gasteiger partial charge in [-0.15, -0.1) is 0 Å². The molecular formula is C15H13F4NO2S.